The Labute approximate surface area is 136 Å². The molecule has 2 aromatic rings. The molecule has 0 aliphatic carbocycles. The van der Waals surface area contributed by atoms with Crippen LogP contribution >= 0.6 is 27.5 Å². The summed E-state index contributed by atoms with van der Waals surface area (Å²) < 4.78 is 0.735. The number of aromatic nitrogens is 3. The van der Waals surface area contributed by atoms with Crippen LogP contribution in [0.1, 0.15) is 35.6 Å². The van der Waals surface area contributed by atoms with Crippen LogP contribution in [0.3, 0.4) is 0 Å². The Kier molecular flexibility index (Phi) is 5.25. The van der Waals surface area contributed by atoms with Gasteiger partial charge in [-0.15, -0.1) is 10.2 Å². The Morgan fingerprint density at radius 1 is 1.24 bits per heavy atom. The van der Waals surface area contributed by atoms with Crippen LogP contribution in [0.2, 0.25) is 5.02 Å². The number of rotatable bonds is 4. The van der Waals surface area contributed by atoms with Crippen molar-refractivity contribution >= 4 is 39.4 Å². The molecule has 5 nitrogen and oxygen atoms in total. The lowest BCUT2D eigenvalue weighted by Gasteiger charge is -2.07. The number of aryl methyl sites for hydroxylation is 2. The number of amides is 1. The fraction of sp³-hybridized carbons (Fsp3) is 0.286. The van der Waals surface area contributed by atoms with Crippen molar-refractivity contribution < 1.29 is 4.79 Å². The quantitative estimate of drug-likeness (QED) is 0.893. The second-order valence-corrected chi connectivity index (χ2v) is 5.58. The smallest absolute Gasteiger partial charge is 0.258 e. The van der Waals surface area contributed by atoms with Gasteiger partial charge in [0.1, 0.15) is 0 Å². The topological polar surface area (TPSA) is 67.8 Å². The molecule has 0 bridgehead atoms. The molecule has 110 valence electrons. The van der Waals surface area contributed by atoms with Gasteiger partial charge in [0.2, 0.25) is 5.95 Å². The fourth-order valence-electron chi connectivity index (χ4n) is 1.80. The van der Waals surface area contributed by atoms with Crippen LogP contribution in [0, 0.1) is 0 Å². The summed E-state index contributed by atoms with van der Waals surface area (Å²) in [4.78, 5) is 16.5. The predicted octanol–water partition coefficient (Wildman–Crippen LogP) is 3.66. The van der Waals surface area contributed by atoms with E-state index in [1.807, 2.05) is 13.8 Å². The van der Waals surface area contributed by atoms with Crippen LogP contribution in [-0.2, 0) is 12.8 Å². The third-order valence-corrected chi connectivity index (χ3v) is 4.15. The third kappa shape index (κ3) is 3.77. The number of halogens is 2. The maximum Gasteiger partial charge on any atom is 0.258 e. The highest BCUT2D eigenvalue weighted by Crippen LogP contribution is 2.23. The number of nitrogens with one attached hydrogen (secondary N) is 1. The van der Waals surface area contributed by atoms with Crippen LogP contribution in [0.5, 0.6) is 0 Å². The summed E-state index contributed by atoms with van der Waals surface area (Å²) in [6, 6.07) is 4.96. The van der Waals surface area contributed by atoms with Crippen molar-refractivity contribution in [3.05, 3.63) is 44.6 Å². The second kappa shape index (κ2) is 6.95. The van der Waals surface area contributed by atoms with Crippen LogP contribution in [0.15, 0.2) is 22.7 Å². The zero-order valence-electron chi connectivity index (χ0n) is 11.7. The SMILES string of the molecule is CCc1nnc(NC(=O)c2ccc(Br)c(Cl)c2)nc1CC. The Morgan fingerprint density at radius 2 is 1.95 bits per heavy atom. The molecule has 2 rings (SSSR count). The van der Waals surface area contributed by atoms with Gasteiger partial charge in [-0.1, -0.05) is 25.4 Å². The molecule has 0 radical (unpaired) electrons. The normalized spacial score (nSPS) is 10.5. The molecule has 0 aliphatic heterocycles. The Hall–Kier alpha value is -1.53. The standard InChI is InChI=1S/C14H14BrClN4O/c1-3-11-12(4-2)19-20-14(17-11)18-13(21)8-5-6-9(15)10(16)7-8/h5-7H,3-4H2,1-2H3,(H,17,18,20,21). The lowest BCUT2D eigenvalue weighted by molar-refractivity contribution is 0.102. The van der Waals surface area contributed by atoms with Crippen LogP contribution < -0.4 is 5.32 Å². The van der Waals surface area contributed by atoms with Crippen molar-refractivity contribution in [2.24, 2.45) is 0 Å². The molecule has 7 heteroatoms. The molecule has 0 saturated heterocycles. The molecule has 0 atom stereocenters. The van der Waals surface area contributed by atoms with E-state index in [4.69, 9.17) is 11.6 Å². The van der Waals surface area contributed by atoms with E-state index in [1.165, 1.54) is 0 Å². The Balaban J connectivity index is 2.21. The number of hydrogen-bond donors (Lipinski definition) is 1. The molecule has 0 unspecified atom stereocenters. The number of anilines is 1. The third-order valence-electron chi connectivity index (χ3n) is 2.92. The fourth-order valence-corrected chi connectivity index (χ4v) is 2.23. The van der Waals surface area contributed by atoms with Gasteiger partial charge >= 0.3 is 0 Å². The number of hydrogen-bond acceptors (Lipinski definition) is 4. The van der Waals surface area contributed by atoms with E-state index in [0.717, 1.165) is 28.7 Å². The van der Waals surface area contributed by atoms with Gasteiger partial charge in [0.25, 0.3) is 5.91 Å². The summed E-state index contributed by atoms with van der Waals surface area (Å²) in [5.41, 5.74) is 2.13. The van der Waals surface area contributed by atoms with Crippen molar-refractivity contribution in [1.82, 2.24) is 15.2 Å². The van der Waals surface area contributed by atoms with Gasteiger partial charge in [-0.05, 0) is 47.0 Å². The maximum atomic E-state index is 12.1. The first-order valence-electron chi connectivity index (χ1n) is 6.54. The number of carbonyl (C=O) groups is 1. The van der Waals surface area contributed by atoms with Gasteiger partial charge in [-0.3, -0.25) is 10.1 Å². The zero-order valence-corrected chi connectivity index (χ0v) is 14.0. The highest BCUT2D eigenvalue weighted by atomic mass is 79.9. The minimum Gasteiger partial charge on any atom is -0.289 e. The van der Waals surface area contributed by atoms with E-state index in [-0.39, 0.29) is 11.9 Å². The molecule has 0 saturated carbocycles. The van der Waals surface area contributed by atoms with E-state index in [9.17, 15) is 4.79 Å². The van der Waals surface area contributed by atoms with Gasteiger partial charge in [0.15, 0.2) is 0 Å². The molecule has 1 amide bonds. The van der Waals surface area contributed by atoms with Crippen LogP contribution in [0.25, 0.3) is 0 Å². The van der Waals surface area contributed by atoms with Crippen molar-refractivity contribution in [3.8, 4) is 0 Å². The summed E-state index contributed by atoms with van der Waals surface area (Å²) in [5, 5.41) is 11.1. The zero-order chi connectivity index (χ0) is 15.4. The first-order valence-corrected chi connectivity index (χ1v) is 7.71. The largest absolute Gasteiger partial charge is 0.289 e. The van der Waals surface area contributed by atoms with Gasteiger partial charge in [0, 0.05) is 10.0 Å². The van der Waals surface area contributed by atoms with Crippen molar-refractivity contribution in [2.45, 2.75) is 26.7 Å². The summed E-state index contributed by atoms with van der Waals surface area (Å²) in [7, 11) is 0. The highest BCUT2D eigenvalue weighted by molar-refractivity contribution is 9.10. The van der Waals surface area contributed by atoms with Crippen LogP contribution in [0.4, 0.5) is 5.95 Å². The number of nitrogens with zero attached hydrogens (tertiary/aromatic N) is 3. The molecule has 0 spiro atoms. The van der Waals surface area contributed by atoms with Crippen LogP contribution in [-0.4, -0.2) is 21.1 Å². The number of carbonyl (C=O) groups excluding carboxylic acids is 1. The molecule has 1 aromatic heterocycles. The molecule has 1 heterocycles. The van der Waals surface area contributed by atoms with Gasteiger partial charge < -0.3 is 0 Å². The van der Waals surface area contributed by atoms with Crippen molar-refractivity contribution in [3.63, 3.8) is 0 Å². The molecule has 21 heavy (non-hydrogen) atoms. The molecular weight excluding hydrogens is 356 g/mol. The minimum atomic E-state index is -0.322. The minimum absolute atomic E-state index is 0.202. The van der Waals surface area contributed by atoms with E-state index < -0.39 is 0 Å². The van der Waals surface area contributed by atoms with E-state index in [2.05, 4.69) is 36.4 Å². The molecular formula is C14H14BrClN4O. The Bertz CT molecular complexity index is 678. The summed E-state index contributed by atoms with van der Waals surface area (Å²) in [6.07, 6.45) is 1.51. The molecule has 0 fully saturated rings. The van der Waals surface area contributed by atoms with Gasteiger partial charge in [-0.2, -0.15) is 0 Å². The van der Waals surface area contributed by atoms with Gasteiger partial charge in [0.05, 0.1) is 16.4 Å². The van der Waals surface area contributed by atoms with E-state index in [0.29, 0.717) is 10.6 Å². The average molecular weight is 370 g/mol. The highest BCUT2D eigenvalue weighted by Gasteiger charge is 2.12. The summed E-state index contributed by atoms with van der Waals surface area (Å²) >= 11 is 9.26. The lowest BCUT2D eigenvalue weighted by atomic mass is 10.2. The second-order valence-electron chi connectivity index (χ2n) is 4.32. The first-order chi connectivity index (χ1) is 10.0. The van der Waals surface area contributed by atoms with Gasteiger partial charge in [-0.25, -0.2) is 4.98 Å². The monoisotopic (exact) mass is 368 g/mol. The maximum absolute atomic E-state index is 12.1. The predicted molar refractivity (Wildman–Crippen MR) is 85.7 cm³/mol. The average Bonchev–Trinajstić information content (AvgIpc) is 2.49. The number of benzene rings is 1. The summed E-state index contributed by atoms with van der Waals surface area (Å²) in [5.74, 6) is -0.120. The van der Waals surface area contributed by atoms with E-state index in [1.54, 1.807) is 18.2 Å². The molecule has 1 aromatic carbocycles. The van der Waals surface area contributed by atoms with E-state index >= 15 is 0 Å². The summed E-state index contributed by atoms with van der Waals surface area (Å²) in [6.45, 7) is 3.98. The van der Waals surface area contributed by atoms with Crippen molar-refractivity contribution in [1.29, 1.82) is 0 Å². The Morgan fingerprint density at radius 3 is 2.57 bits per heavy atom. The molecule has 0 aliphatic rings. The molecule has 1 N–H and O–H groups in total. The van der Waals surface area contributed by atoms with Crippen molar-refractivity contribution in [2.75, 3.05) is 5.32 Å². The first kappa shape index (κ1) is 15.9. The lowest BCUT2D eigenvalue weighted by Crippen LogP contribution is -2.16.